The Morgan fingerprint density at radius 1 is 1.24 bits per heavy atom. The van der Waals surface area contributed by atoms with Crippen LogP contribution < -0.4 is 5.32 Å². The van der Waals surface area contributed by atoms with Crippen LogP contribution in [0.3, 0.4) is 0 Å². The molecular weight excluding hydrogens is 400 g/mol. The first-order chi connectivity index (χ1) is 13.9. The van der Waals surface area contributed by atoms with Gasteiger partial charge in [-0.2, -0.15) is 5.10 Å². The largest absolute Gasteiger partial charge is 0.468 e. The van der Waals surface area contributed by atoms with E-state index < -0.39 is 16.8 Å². The number of halogens is 1. The van der Waals surface area contributed by atoms with Crippen molar-refractivity contribution in [3.05, 3.63) is 69.2 Å². The van der Waals surface area contributed by atoms with E-state index in [2.05, 4.69) is 10.4 Å². The van der Waals surface area contributed by atoms with Crippen LogP contribution in [0.4, 0.5) is 11.4 Å². The number of nitrogens with one attached hydrogen (secondary N) is 1. The van der Waals surface area contributed by atoms with Gasteiger partial charge in [0.05, 0.1) is 24.3 Å². The summed E-state index contributed by atoms with van der Waals surface area (Å²) in [6.07, 6.45) is 0. The Labute approximate surface area is 171 Å². The molecule has 1 heterocycles. The number of nitro groups is 1. The Morgan fingerprint density at radius 2 is 1.90 bits per heavy atom. The van der Waals surface area contributed by atoms with E-state index in [1.54, 1.807) is 24.3 Å². The molecule has 1 unspecified atom stereocenters. The van der Waals surface area contributed by atoms with E-state index in [0.717, 1.165) is 0 Å². The summed E-state index contributed by atoms with van der Waals surface area (Å²) >= 11 is 5.91. The van der Waals surface area contributed by atoms with Crippen LogP contribution in [-0.2, 0) is 14.3 Å². The predicted molar refractivity (Wildman–Crippen MR) is 107 cm³/mol. The predicted octanol–water partition coefficient (Wildman–Crippen LogP) is 2.70. The van der Waals surface area contributed by atoms with Gasteiger partial charge in [0.1, 0.15) is 12.5 Å². The van der Waals surface area contributed by atoms with E-state index in [1.165, 1.54) is 36.4 Å². The zero-order valence-electron chi connectivity index (χ0n) is 15.4. The lowest BCUT2D eigenvalue weighted by Crippen LogP contribution is -2.32. The zero-order chi connectivity index (χ0) is 21.0. The van der Waals surface area contributed by atoms with Crippen molar-refractivity contribution in [3.63, 3.8) is 0 Å². The second kappa shape index (κ2) is 8.70. The molecule has 1 aliphatic heterocycles. The van der Waals surface area contributed by atoms with Crippen molar-refractivity contribution >= 4 is 40.6 Å². The standard InChI is InChI=1S/C19H17ClN4O5/c1-29-19(26)16-10-23(22-18(16)12-2-4-13(20)5-3-12)11-17(25)21-14-6-8-15(9-7-14)24(27)28/h2-9,16H,10-11H2,1H3,(H,21,25). The van der Waals surface area contributed by atoms with Crippen LogP contribution in [0, 0.1) is 16.0 Å². The lowest BCUT2D eigenvalue weighted by molar-refractivity contribution is -0.384. The van der Waals surface area contributed by atoms with E-state index in [-0.39, 0.29) is 24.7 Å². The molecule has 1 atom stereocenters. The molecule has 0 fully saturated rings. The molecular formula is C19H17ClN4O5. The van der Waals surface area contributed by atoms with Crippen LogP contribution in [0.2, 0.25) is 5.02 Å². The molecule has 0 saturated carbocycles. The molecule has 0 saturated heterocycles. The highest BCUT2D eigenvalue weighted by Gasteiger charge is 2.35. The van der Waals surface area contributed by atoms with Crippen LogP contribution in [0.25, 0.3) is 0 Å². The van der Waals surface area contributed by atoms with Gasteiger partial charge in [0.25, 0.3) is 5.69 Å². The number of carbonyl (C=O) groups excluding carboxylic acids is 2. The Morgan fingerprint density at radius 3 is 2.48 bits per heavy atom. The lowest BCUT2D eigenvalue weighted by atomic mass is 9.98. The van der Waals surface area contributed by atoms with Crippen molar-refractivity contribution in [1.82, 2.24) is 5.01 Å². The molecule has 0 bridgehead atoms. The summed E-state index contributed by atoms with van der Waals surface area (Å²) in [4.78, 5) is 34.7. The number of ether oxygens (including phenoxy) is 1. The highest BCUT2D eigenvalue weighted by molar-refractivity contribution is 6.30. The number of anilines is 1. The maximum Gasteiger partial charge on any atom is 0.316 e. The van der Waals surface area contributed by atoms with E-state index in [1.807, 2.05) is 0 Å². The van der Waals surface area contributed by atoms with Crippen molar-refractivity contribution in [3.8, 4) is 0 Å². The molecule has 9 nitrogen and oxygen atoms in total. The van der Waals surface area contributed by atoms with Gasteiger partial charge in [-0.1, -0.05) is 23.7 Å². The molecule has 150 valence electrons. The quantitative estimate of drug-likeness (QED) is 0.440. The molecule has 0 aliphatic carbocycles. The van der Waals surface area contributed by atoms with Gasteiger partial charge in [-0.15, -0.1) is 0 Å². The average molecular weight is 417 g/mol. The van der Waals surface area contributed by atoms with E-state index in [0.29, 0.717) is 22.0 Å². The van der Waals surface area contributed by atoms with Crippen LogP contribution in [0.1, 0.15) is 5.56 Å². The second-order valence-electron chi connectivity index (χ2n) is 6.27. The molecule has 29 heavy (non-hydrogen) atoms. The van der Waals surface area contributed by atoms with Crippen LogP contribution >= 0.6 is 11.6 Å². The summed E-state index contributed by atoms with van der Waals surface area (Å²) < 4.78 is 4.86. The van der Waals surface area contributed by atoms with Crippen LogP contribution in [-0.4, -0.2) is 47.7 Å². The normalized spacial score (nSPS) is 15.6. The van der Waals surface area contributed by atoms with Gasteiger partial charge in [-0.3, -0.25) is 24.7 Å². The number of amides is 1. The number of rotatable bonds is 6. The molecule has 2 aromatic carbocycles. The first-order valence-electron chi connectivity index (χ1n) is 8.59. The molecule has 3 rings (SSSR count). The monoisotopic (exact) mass is 416 g/mol. The third kappa shape index (κ3) is 4.88. The number of carbonyl (C=O) groups is 2. The lowest BCUT2D eigenvalue weighted by Gasteiger charge is -2.15. The van der Waals surface area contributed by atoms with E-state index in [9.17, 15) is 19.7 Å². The minimum atomic E-state index is -0.631. The summed E-state index contributed by atoms with van der Waals surface area (Å²) in [7, 11) is 1.30. The highest BCUT2D eigenvalue weighted by Crippen LogP contribution is 2.22. The van der Waals surface area contributed by atoms with Gasteiger partial charge in [-0.05, 0) is 29.8 Å². The van der Waals surface area contributed by atoms with E-state index in [4.69, 9.17) is 16.3 Å². The zero-order valence-corrected chi connectivity index (χ0v) is 16.1. The molecule has 1 N–H and O–H groups in total. The topological polar surface area (TPSA) is 114 Å². The number of non-ortho nitro benzene ring substituents is 1. The minimum Gasteiger partial charge on any atom is -0.468 e. The number of methoxy groups -OCH3 is 1. The maximum absolute atomic E-state index is 12.3. The summed E-state index contributed by atoms with van der Waals surface area (Å²) in [6, 6.07) is 12.4. The van der Waals surface area contributed by atoms with Crippen molar-refractivity contribution in [2.45, 2.75) is 0 Å². The number of hydrogen-bond donors (Lipinski definition) is 1. The second-order valence-corrected chi connectivity index (χ2v) is 6.70. The minimum absolute atomic E-state index is 0.0688. The van der Waals surface area contributed by atoms with Crippen molar-refractivity contribution < 1.29 is 19.2 Å². The number of hydrazone groups is 1. The summed E-state index contributed by atoms with van der Waals surface area (Å²) in [6.45, 7) is 0.0971. The molecule has 0 spiro atoms. The van der Waals surface area contributed by atoms with Gasteiger partial charge in [0.15, 0.2) is 0 Å². The Hall–Kier alpha value is -3.46. The third-order valence-corrected chi connectivity index (χ3v) is 4.54. The van der Waals surface area contributed by atoms with Gasteiger partial charge >= 0.3 is 5.97 Å². The summed E-state index contributed by atoms with van der Waals surface area (Å²) in [5, 5.41) is 19.8. The molecule has 0 aromatic heterocycles. The third-order valence-electron chi connectivity index (χ3n) is 4.29. The van der Waals surface area contributed by atoms with Crippen molar-refractivity contribution in [2.24, 2.45) is 11.0 Å². The van der Waals surface area contributed by atoms with Crippen LogP contribution in [0.5, 0.6) is 0 Å². The first kappa shape index (κ1) is 20.3. The Kier molecular flexibility index (Phi) is 6.08. The first-order valence-corrected chi connectivity index (χ1v) is 8.96. The Bertz CT molecular complexity index is 960. The number of nitro benzene ring substituents is 1. The number of hydrogen-bond acceptors (Lipinski definition) is 7. The Balaban J connectivity index is 1.71. The van der Waals surface area contributed by atoms with E-state index >= 15 is 0 Å². The van der Waals surface area contributed by atoms with Crippen LogP contribution in [0.15, 0.2) is 53.6 Å². The fourth-order valence-corrected chi connectivity index (χ4v) is 3.03. The maximum atomic E-state index is 12.3. The average Bonchev–Trinajstić information content (AvgIpc) is 3.11. The summed E-state index contributed by atoms with van der Waals surface area (Å²) in [5.74, 6) is -1.45. The molecule has 0 radical (unpaired) electrons. The van der Waals surface area contributed by atoms with Gasteiger partial charge < -0.3 is 10.1 Å². The fraction of sp³-hybridized carbons (Fsp3) is 0.211. The summed E-state index contributed by atoms with van der Waals surface area (Å²) in [5.41, 5.74) is 1.56. The fourth-order valence-electron chi connectivity index (χ4n) is 2.90. The smallest absolute Gasteiger partial charge is 0.316 e. The molecule has 1 amide bonds. The van der Waals surface area contributed by atoms with Gasteiger partial charge in [0.2, 0.25) is 5.91 Å². The molecule has 2 aromatic rings. The molecule has 10 heteroatoms. The number of nitrogens with zero attached hydrogens (tertiary/aromatic N) is 3. The van der Waals surface area contributed by atoms with Crippen molar-refractivity contribution in [1.29, 1.82) is 0 Å². The highest BCUT2D eigenvalue weighted by atomic mass is 35.5. The number of benzene rings is 2. The number of esters is 1. The van der Waals surface area contributed by atoms with Gasteiger partial charge in [0, 0.05) is 22.8 Å². The SMILES string of the molecule is COC(=O)C1CN(CC(=O)Nc2ccc([N+](=O)[O-])cc2)N=C1c1ccc(Cl)cc1. The molecule has 1 aliphatic rings. The van der Waals surface area contributed by atoms with Gasteiger partial charge in [-0.25, -0.2) is 0 Å². The van der Waals surface area contributed by atoms with Crippen molar-refractivity contribution in [2.75, 3.05) is 25.5 Å².